The number of nitrogens with one attached hydrogen (secondary N) is 1. The zero-order valence-corrected chi connectivity index (χ0v) is 14.5. The van der Waals surface area contributed by atoms with E-state index in [2.05, 4.69) is 45.2 Å². The van der Waals surface area contributed by atoms with Gasteiger partial charge >= 0.3 is 0 Å². The predicted molar refractivity (Wildman–Crippen MR) is 87.1 cm³/mol. The van der Waals surface area contributed by atoms with Crippen molar-refractivity contribution in [3.8, 4) is 0 Å². The second-order valence-corrected chi connectivity index (χ2v) is 8.53. The molecule has 0 radical (unpaired) electrons. The second kappa shape index (κ2) is 6.03. The van der Waals surface area contributed by atoms with Crippen LogP contribution < -0.4 is 10.2 Å². The van der Waals surface area contributed by atoms with E-state index in [0.717, 1.165) is 10.2 Å². The van der Waals surface area contributed by atoms with Crippen molar-refractivity contribution < 1.29 is 8.42 Å². The van der Waals surface area contributed by atoms with Gasteiger partial charge in [0.05, 0.1) is 11.5 Å². The minimum atomic E-state index is -2.87. The molecule has 1 N–H and O–H groups in total. The lowest BCUT2D eigenvalue weighted by Crippen LogP contribution is -2.34. The number of sulfone groups is 1. The van der Waals surface area contributed by atoms with Crippen molar-refractivity contribution in [3.63, 3.8) is 0 Å². The molecule has 2 rings (SSSR count). The summed E-state index contributed by atoms with van der Waals surface area (Å²) < 4.78 is 24.3. The molecule has 2 unspecified atom stereocenters. The lowest BCUT2D eigenvalue weighted by molar-refractivity contribution is 0.600. The third kappa shape index (κ3) is 3.35. The largest absolute Gasteiger partial charge is 0.370 e. The number of benzene rings is 1. The highest BCUT2D eigenvalue weighted by atomic mass is 79.9. The monoisotopic (exact) mass is 360 g/mol. The first kappa shape index (κ1) is 15.8. The molecule has 1 aromatic carbocycles. The SMILES string of the molecule is CNC(C)c1ccc(Br)cc1N(C)C1CCS(=O)(=O)C1. The molecular weight excluding hydrogens is 340 g/mol. The fourth-order valence-corrected chi connectivity index (χ4v) is 4.74. The maximum atomic E-state index is 11.7. The molecule has 1 saturated heterocycles. The van der Waals surface area contributed by atoms with Gasteiger partial charge in [-0.1, -0.05) is 22.0 Å². The Labute approximate surface area is 129 Å². The van der Waals surface area contributed by atoms with Gasteiger partial charge in [0, 0.05) is 29.3 Å². The first-order valence-corrected chi connectivity index (χ1v) is 9.35. The second-order valence-electron chi connectivity index (χ2n) is 5.38. The van der Waals surface area contributed by atoms with Crippen LogP contribution in [0.2, 0.25) is 0 Å². The van der Waals surface area contributed by atoms with Crippen molar-refractivity contribution >= 4 is 31.5 Å². The number of anilines is 1. The van der Waals surface area contributed by atoms with Crippen molar-refractivity contribution in [2.75, 3.05) is 30.5 Å². The summed E-state index contributed by atoms with van der Waals surface area (Å²) >= 11 is 3.50. The zero-order valence-electron chi connectivity index (χ0n) is 12.1. The highest BCUT2D eigenvalue weighted by Gasteiger charge is 2.31. The summed E-state index contributed by atoms with van der Waals surface area (Å²) in [6.07, 6.45) is 0.707. The van der Waals surface area contributed by atoms with Gasteiger partial charge in [0.1, 0.15) is 0 Å². The van der Waals surface area contributed by atoms with Gasteiger partial charge in [0.15, 0.2) is 9.84 Å². The molecule has 2 atom stereocenters. The minimum absolute atomic E-state index is 0.0668. The van der Waals surface area contributed by atoms with Gasteiger partial charge in [-0.15, -0.1) is 0 Å². The van der Waals surface area contributed by atoms with Gasteiger partial charge in [-0.05, 0) is 38.1 Å². The molecule has 20 heavy (non-hydrogen) atoms. The van der Waals surface area contributed by atoms with Gasteiger partial charge in [-0.3, -0.25) is 0 Å². The van der Waals surface area contributed by atoms with Gasteiger partial charge in [-0.25, -0.2) is 8.42 Å². The zero-order chi connectivity index (χ0) is 14.9. The summed E-state index contributed by atoms with van der Waals surface area (Å²) in [5.74, 6) is 0.552. The van der Waals surface area contributed by atoms with Gasteiger partial charge in [0.2, 0.25) is 0 Å². The summed E-state index contributed by atoms with van der Waals surface area (Å²) in [6, 6.07) is 6.45. The van der Waals surface area contributed by atoms with Crippen molar-refractivity contribution in [2.24, 2.45) is 0 Å². The lowest BCUT2D eigenvalue weighted by atomic mass is 10.0. The van der Waals surface area contributed by atoms with Crippen LogP contribution in [0.5, 0.6) is 0 Å². The Morgan fingerprint density at radius 1 is 1.45 bits per heavy atom. The van der Waals surface area contributed by atoms with E-state index >= 15 is 0 Å². The van der Waals surface area contributed by atoms with E-state index in [-0.39, 0.29) is 17.8 Å². The summed E-state index contributed by atoms with van der Waals surface area (Å²) in [5, 5.41) is 3.24. The molecule has 1 aliphatic rings. The highest BCUT2D eigenvalue weighted by molar-refractivity contribution is 9.10. The molecule has 4 nitrogen and oxygen atoms in total. The van der Waals surface area contributed by atoms with Crippen molar-refractivity contribution in [2.45, 2.75) is 25.4 Å². The van der Waals surface area contributed by atoms with Crippen LogP contribution in [0.3, 0.4) is 0 Å². The van der Waals surface area contributed by atoms with Gasteiger partial charge < -0.3 is 10.2 Å². The van der Waals surface area contributed by atoms with Crippen LogP contribution in [0, 0.1) is 0 Å². The summed E-state index contributed by atoms with van der Waals surface area (Å²) in [4.78, 5) is 2.11. The number of halogens is 1. The number of nitrogens with zero attached hydrogens (tertiary/aromatic N) is 1. The van der Waals surface area contributed by atoms with E-state index in [4.69, 9.17) is 0 Å². The Morgan fingerprint density at radius 3 is 2.70 bits per heavy atom. The minimum Gasteiger partial charge on any atom is -0.370 e. The summed E-state index contributed by atoms with van der Waals surface area (Å²) in [7, 11) is 1.05. The molecule has 0 spiro atoms. The molecule has 1 aromatic rings. The number of hydrogen-bond acceptors (Lipinski definition) is 4. The first-order valence-electron chi connectivity index (χ1n) is 6.74. The van der Waals surface area contributed by atoms with Crippen molar-refractivity contribution in [1.29, 1.82) is 0 Å². The molecule has 112 valence electrons. The smallest absolute Gasteiger partial charge is 0.152 e. The van der Waals surface area contributed by atoms with Gasteiger partial charge in [0.25, 0.3) is 0 Å². The van der Waals surface area contributed by atoms with Crippen molar-refractivity contribution in [1.82, 2.24) is 5.32 Å². The summed E-state index contributed by atoms with van der Waals surface area (Å²) in [5.41, 5.74) is 2.27. The first-order chi connectivity index (χ1) is 9.34. The quantitative estimate of drug-likeness (QED) is 0.895. The van der Waals surface area contributed by atoms with Crippen LogP contribution in [0.1, 0.15) is 24.9 Å². The fraction of sp³-hybridized carbons (Fsp3) is 0.571. The van der Waals surface area contributed by atoms with E-state index in [1.165, 1.54) is 5.56 Å². The van der Waals surface area contributed by atoms with E-state index in [1.807, 2.05) is 20.2 Å². The van der Waals surface area contributed by atoms with Crippen LogP contribution in [-0.2, 0) is 9.84 Å². The Morgan fingerprint density at radius 2 is 2.15 bits per heavy atom. The van der Waals surface area contributed by atoms with Crippen LogP contribution in [0.15, 0.2) is 22.7 Å². The Bertz CT molecular complexity index is 589. The normalized spacial score (nSPS) is 22.7. The standard InChI is InChI=1S/C14H21BrN2O2S/c1-10(16-2)13-5-4-11(15)8-14(13)17(3)12-6-7-20(18,19)9-12/h4-5,8,10,12,16H,6-7,9H2,1-3H3. The fourth-order valence-electron chi connectivity index (χ4n) is 2.62. The Hall–Kier alpha value is -0.590. The Kier molecular flexibility index (Phi) is 4.76. The van der Waals surface area contributed by atoms with Crippen LogP contribution >= 0.6 is 15.9 Å². The molecule has 0 aliphatic carbocycles. The van der Waals surface area contributed by atoms with Crippen LogP contribution in [0.4, 0.5) is 5.69 Å². The molecule has 1 fully saturated rings. The number of rotatable bonds is 4. The van der Waals surface area contributed by atoms with Crippen molar-refractivity contribution in [3.05, 3.63) is 28.2 Å². The highest BCUT2D eigenvalue weighted by Crippen LogP contribution is 2.32. The van der Waals surface area contributed by atoms with Crippen LogP contribution in [-0.4, -0.2) is 40.1 Å². The Balaban J connectivity index is 2.33. The molecule has 1 heterocycles. The van der Waals surface area contributed by atoms with Crippen LogP contribution in [0.25, 0.3) is 0 Å². The topological polar surface area (TPSA) is 49.4 Å². The average molecular weight is 361 g/mol. The third-order valence-electron chi connectivity index (χ3n) is 4.03. The van der Waals surface area contributed by atoms with E-state index < -0.39 is 9.84 Å². The predicted octanol–water partition coefficient (Wildman–Crippen LogP) is 2.35. The lowest BCUT2D eigenvalue weighted by Gasteiger charge is -2.30. The van der Waals surface area contributed by atoms with E-state index in [0.29, 0.717) is 12.2 Å². The maximum absolute atomic E-state index is 11.7. The molecule has 0 saturated carbocycles. The van der Waals surface area contributed by atoms with E-state index in [9.17, 15) is 8.42 Å². The molecule has 0 aromatic heterocycles. The average Bonchev–Trinajstić information content (AvgIpc) is 2.77. The molecule has 1 aliphatic heterocycles. The summed E-state index contributed by atoms with van der Waals surface area (Å²) in [6.45, 7) is 2.10. The maximum Gasteiger partial charge on any atom is 0.152 e. The molecular formula is C14H21BrN2O2S. The molecule has 0 bridgehead atoms. The molecule has 0 amide bonds. The third-order valence-corrected chi connectivity index (χ3v) is 6.27. The molecule has 6 heteroatoms. The number of hydrogen-bond donors (Lipinski definition) is 1. The van der Waals surface area contributed by atoms with E-state index in [1.54, 1.807) is 0 Å². The van der Waals surface area contributed by atoms with Gasteiger partial charge in [-0.2, -0.15) is 0 Å².